The molecule has 0 aromatic heterocycles. The van der Waals surface area contributed by atoms with Crippen molar-refractivity contribution < 1.29 is 14.3 Å². The number of nitrogens with one attached hydrogen (secondary N) is 1. The van der Waals surface area contributed by atoms with Crippen LogP contribution < -0.4 is 5.32 Å². The number of anilines is 1. The molecule has 5 heteroatoms. The maximum absolute atomic E-state index is 13.8. The van der Waals surface area contributed by atoms with Crippen LogP contribution >= 0.6 is 0 Å². The zero-order chi connectivity index (χ0) is 15.1. The van der Waals surface area contributed by atoms with Gasteiger partial charge in [0.1, 0.15) is 5.82 Å². The van der Waals surface area contributed by atoms with Crippen molar-refractivity contribution in [2.24, 2.45) is 0 Å². The summed E-state index contributed by atoms with van der Waals surface area (Å²) in [7, 11) is 1.65. The van der Waals surface area contributed by atoms with Crippen molar-refractivity contribution in [3.8, 4) is 0 Å². The Kier molecular flexibility index (Phi) is 6.45. The summed E-state index contributed by atoms with van der Waals surface area (Å²) in [6.07, 6.45) is 0.880. The first-order chi connectivity index (χ1) is 9.47. The van der Waals surface area contributed by atoms with Crippen molar-refractivity contribution in [1.29, 1.82) is 0 Å². The zero-order valence-corrected chi connectivity index (χ0v) is 12.3. The van der Waals surface area contributed by atoms with Crippen LogP contribution in [0, 0.1) is 5.82 Å². The molecule has 0 bridgehead atoms. The van der Waals surface area contributed by atoms with Gasteiger partial charge in [-0.1, -0.05) is 13.0 Å². The van der Waals surface area contributed by atoms with Crippen molar-refractivity contribution in [3.05, 3.63) is 29.6 Å². The lowest BCUT2D eigenvalue weighted by Gasteiger charge is -2.20. The minimum atomic E-state index is -0.463. The number of carbonyl (C=O) groups is 1. The fourth-order valence-electron chi connectivity index (χ4n) is 1.82. The molecule has 0 fully saturated rings. The summed E-state index contributed by atoms with van der Waals surface area (Å²) in [4.78, 5) is 13.8. The highest BCUT2D eigenvalue weighted by molar-refractivity contribution is 5.99. The average molecular weight is 282 g/mol. The molecule has 4 nitrogen and oxygen atoms in total. The molecule has 1 unspecified atom stereocenters. The minimum absolute atomic E-state index is 0.247. The molecule has 0 aliphatic carbocycles. The molecule has 0 aliphatic heterocycles. The van der Waals surface area contributed by atoms with Crippen molar-refractivity contribution in [3.63, 3.8) is 0 Å². The van der Waals surface area contributed by atoms with Crippen LogP contribution in [0.25, 0.3) is 0 Å². The third-order valence-electron chi connectivity index (χ3n) is 3.02. The second-order valence-corrected chi connectivity index (χ2v) is 4.95. The predicted molar refractivity (Wildman–Crippen MR) is 78.4 cm³/mol. The second kappa shape index (κ2) is 7.85. The molecule has 20 heavy (non-hydrogen) atoms. The van der Waals surface area contributed by atoms with Crippen molar-refractivity contribution in [2.75, 3.05) is 25.5 Å². The van der Waals surface area contributed by atoms with Crippen LogP contribution in [0.3, 0.4) is 0 Å². The summed E-state index contributed by atoms with van der Waals surface area (Å²) in [6.45, 7) is 4.69. The van der Waals surface area contributed by atoms with Crippen LogP contribution in [0.2, 0.25) is 0 Å². The van der Waals surface area contributed by atoms with E-state index < -0.39 is 11.9 Å². The van der Waals surface area contributed by atoms with Gasteiger partial charge in [0.05, 0.1) is 17.4 Å². The molecule has 112 valence electrons. The van der Waals surface area contributed by atoms with Crippen LogP contribution in [0.15, 0.2) is 18.2 Å². The number of carbonyl (C=O) groups excluding carboxylic acids is 1. The third kappa shape index (κ3) is 4.49. The third-order valence-corrected chi connectivity index (χ3v) is 3.02. The van der Waals surface area contributed by atoms with Crippen molar-refractivity contribution in [1.82, 2.24) is 4.90 Å². The van der Waals surface area contributed by atoms with Gasteiger partial charge in [0.25, 0.3) is 5.91 Å². The van der Waals surface area contributed by atoms with Crippen LogP contribution in [-0.4, -0.2) is 42.2 Å². The summed E-state index contributed by atoms with van der Waals surface area (Å²) >= 11 is 0. The number of rotatable bonds is 7. The standard InChI is InChI=1S/C15H23FN2O2/c1-4-9-17-14-12(6-5-7-13(14)16)15(20)18(3)10-8-11(2)19/h5-7,11,17,19H,4,8-10H2,1-3H3. The van der Waals surface area contributed by atoms with Crippen molar-refractivity contribution in [2.45, 2.75) is 32.8 Å². The van der Waals surface area contributed by atoms with E-state index >= 15 is 0 Å². The number of aliphatic hydroxyl groups excluding tert-OH is 1. The molecule has 1 aromatic rings. The van der Waals surface area contributed by atoms with Gasteiger partial charge in [-0.15, -0.1) is 0 Å². The molecular formula is C15H23FN2O2. The quantitative estimate of drug-likeness (QED) is 0.808. The van der Waals surface area contributed by atoms with Gasteiger partial charge >= 0.3 is 0 Å². The van der Waals surface area contributed by atoms with Gasteiger partial charge in [-0.3, -0.25) is 4.79 Å². The van der Waals surface area contributed by atoms with E-state index in [0.717, 1.165) is 6.42 Å². The molecular weight excluding hydrogens is 259 g/mol. The van der Waals surface area contributed by atoms with E-state index in [4.69, 9.17) is 0 Å². The minimum Gasteiger partial charge on any atom is -0.393 e. The summed E-state index contributed by atoms with van der Waals surface area (Å²) in [5.74, 6) is -0.669. The molecule has 2 N–H and O–H groups in total. The first-order valence-corrected chi connectivity index (χ1v) is 6.93. The van der Waals surface area contributed by atoms with E-state index in [9.17, 15) is 14.3 Å². The van der Waals surface area contributed by atoms with Gasteiger partial charge in [-0.05, 0) is 31.9 Å². The van der Waals surface area contributed by atoms with Gasteiger partial charge in [-0.25, -0.2) is 4.39 Å². The number of nitrogens with zero attached hydrogens (tertiary/aromatic N) is 1. The maximum Gasteiger partial charge on any atom is 0.255 e. The van der Waals surface area contributed by atoms with E-state index in [1.165, 1.54) is 17.0 Å². The van der Waals surface area contributed by atoms with E-state index in [0.29, 0.717) is 25.1 Å². The topological polar surface area (TPSA) is 52.6 Å². The van der Waals surface area contributed by atoms with E-state index in [-0.39, 0.29) is 11.6 Å². The Morgan fingerprint density at radius 2 is 2.20 bits per heavy atom. The second-order valence-electron chi connectivity index (χ2n) is 4.95. The van der Waals surface area contributed by atoms with E-state index in [2.05, 4.69) is 5.32 Å². The van der Waals surface area contributed by atoms with Crippen molar-refractivity contribution >= 4 is 11.6 Å². The summed E-state index contributed by atoms with van der Waals surface area (Å²) in [5, 5.41) is 12.2. The van der Waals surface area contributed by atoms with Crippen LogP contribution in [0.4, 0.5) is 10.1 Å². The number of benzene rings is 1. The van der Waals surface area contributed by atoms with Gasteiger partial charge in [-0.2, -0.15) is 0 Å². The van der Waals surface area contributed by atoms with E-state index in [1.807, 2.05) is 6.92 Å². The number of amides is 1. The number of hydrogen-bond acceptors (Lipinski definition) is 3. The first-order valence-electron chi connectivity index (χ1n) is 6.93. The zero-order valence-electron chi connectivity index (χ0n) is 12.3. The normalized spacial score (nSPS) is 12.1. The number of halogens is 1. The number of aliphatic hydroxyl groups is 1. The Balaban J connectivity index is 2.88. The highest BCUT2D eigenvalue weighted by Crippen LogP contribution is 2.21. The Morgan fingerprint density at radius 3 is 2.80 bits per heavy atom. The molecule has 1 atom stereocenters. The predicted octanol–water partition coefficient (Wildman–Crippen LogP) is 2.49. The monoisotopic (exact) mass is 282 g/mol. The smallest absolute Gasteiger partial charge is 0.255 e. The lowest BCUT2D eigenvalue weighted by atomic mass is 10.1. The van der Waals surface area contributed by atoms with Gasteiger partial charge in [0, 0.05) is 20.1 Å². The molecule has 0 heterocycles. The van der Waals surface area contributed by atoms with Crippen LogP contribution in [0.1, 0.15) is 37.0 Å². The summed E-state index contributed by atoms with van der Waals surface area (Å²) in [5.41, 5.74) is 0.579. The van der Waals surface area contributed by atoms with Gasteiger partial charge in [0.15, 0.2) is 0 Å². The fraction of sp³-hybridized carbons (Fsp3) is 0.533. The molecule has 1 aromatic carbocycles. The Morgan fingerprint density at radius 1 is 1.50 bits per heavy atom. The van der Waals surface area contributed by atoms with E-state index in [1.54, 1.807) is 20.0 Å². The fourth-order valence-corrected chi connectivity index (χ4v) is 1.82. The molecule has 0 spiro atoms. The Bertz CT molecular complexity index is 449. The van der Waals surface area contributed by atoms with Gasteiger partial charge in [0.2, 0.25) is 0 Å². The highest BCUT2D eigenvalue weighted by atomic mass is 19.1. The Labute approximate surface area is 119 Å². The number of hydrogen-bond donors (Lipinski definition) is 2. The molecule has 0 aliphatic rings. The Hall–Kier alpha value is -1.62. The lowest BCUT2D eigenvalue weighted by Crippen LogP contribution is -2.30. The summed E-state index contributed by atoms with van der Waals surface area (Å²) in [6, 6.07) is 4.48. The molecule has 1 rings (SSSR count). The largest absolute Gasteiger partial charge is 0.393 e. The molecule has 0 radical (unpaired) electrons. The first kappa shape index (κ1) is 16.4. The molecule has 1 amide bonds. The van der Waals surface area contributed by atoms with Crippen LogP contribution in [-0.2, 0) is 0 Å². The number of para-hydroxylation sites is 1. The molecule has 0 saturated carbocycles. The molecule has 0 saturated heterocycles. The average Bonchev–Trinajstić information content (AvgIpc) is 2.42. The van der Waals surface area contributed by atoms with Gasteiger partial charge < -0.3 is 15.3 Å². The lowest BCUT2D eigenvalue weighted by molar-refractivity contribution is 0.0769. The van der Waals surface area contributed by atoms with Crippen LogP contribution in [0.5, 0.6) is 0 Å². The maximum atomic E-state index is 13.8. The SMILES string of the molecule is CCCNc1c(F)cccc1C(=O)N(C)CCC(C)O. The summed E-state index contributed by atoms with van der Waals surface area (Å²) < 4.78 is 13.8. The highest BCUT2D eigenvalue weighted by Gasteiger charge is 2.18.